The summed E-state index contributed by atoms with van der Waals surface area (Å²) in [6.45, 7) is 3.57. The summed E-state index contributed by atoms with van der Waals surface area (Å²) < 4.78 is 52.7. The number of nitrogens with zero attached hydrogens (tertiary/aromatic N) is 1. The summed E-state index contributed by atoms with van der Waals surface area (Å²) in [6, 6.07) is 4.24. The number of hydrogen-bond donors (Lipinski definition) is 0. The molecule has 0 spiro atoms. The van der Waals surface area contributed by atoms with E-state index < -0.39 is 19.7 Å². The molecule has 8 heteroatoms. The molecule has 6 nitrogen and oxygen atoms in total. The highest BCUT2D eigenvalue weighted by atomic mass is 32.2. The van der Waals surface area contributed by atoms with Crippen LogP contribution in [0.4, 0.5) is 5.69 Å². The maximum absolute atomic E-state index is 12.0. The van der Waals surface area contributed by atoms with Crippen molar-refractivity contribution in [2.45, 2.75) is 22.8 Å². The molecule has 1 aliphatic heterocycles. The Balaban J connectivity index is 2.56. The summed E-state index contributed by atoms with van der Waals surface area (Å²) >= 11 is 0. The van der Waals surface area contributed by atoms with Crippen LogP contribution in [0.2, 0.25) is 0 Å². The van der Waals surface area contributed by atoms with Crippen LogP contribution in [-0.4, -0.2) is 55.1 Å². The van der Waals surface area contributed by atoms with Gasteiger partial charge in [0.1, 0.15) is 0 Å². The number of hydrogen-bond acceptors (Lipinski definition) is 6. The highest BCUT2D eigenvalue weighted by Gasteiger charge is 2.24. The Morgan fingerprint density at radius 2 is 1.81 bits per heavy atom. The van der Waals surface area contributed by atoms with Crippen LogP contribution in [0.1, 0.15) is 6.92 Å². The van der Waals surface area contributed by atoms with Crippen LogP contribution < -0.4 is 4.90 Å². The van der Waals surface area contributed by atoms with Crippen LogP contribution in [0.25, 0.3) is 0 Å². The lowest BCUT2D eigenvalue weighted by Crippen LogP contribution is -2.41. The monoisotopic (exact) mass is 333 g/mol. The molecule has 2 rings (SSSR count). The molecule has 1 atom stereocenters. The summed E-state index contributed by atoms with van der Waals surface area (Å²) in [7, 11) is -6.98. The van der Waals surface area contributed by atoms with Gasteiger partial charge in [-0.15, -0.1) is 0 Å². The molecule has 1 aliphatic rings. The fourth-order valence-electron chi connectivity index (χ4n) is 2.32. The Hall–Kier alpha value is -1.12. The topological polar surface area (TPSA) is 80.8 Å². The molecule has 0 amide bonds. The number of benzene rings is 1. The van der Waals surface area contributed by atoms with Crippen LogP contribution >= 0.6 is 0 Å². The molecule has 1 aromatic carbocycles. The van der Waals surface area contributed by atoms with Crippen molar-refractivity contribution >= 4 is 25.4 Å². The minimum Gasteiger partial charge on any atom is -0.375 e. The third-order valence-electron chi connectivity index (χ3n) is 3.34. The smallest absolute Gasteiger partial charge is 0.177 e. The first-order chi connectivity index (χ1) is 9.59. The Morgan fingerprint density at radius 3 is 2.33 bits per heavy atom. The summed E-state index contributed by atoms with van der Waals surface area (Å²) in [5, 5.41) is 0. The van der Waals surface area contributed by atoms with Crippen molar-refractivity contribution in [2.75, 3.05) is 37.1 Å². The molecular formula is C13H19NO5S2. The average molecular weight is 333 g/mol. The summed E-state index contributed by atoms with van der Waals surface area (Å²) in [4.78, 5) is 1.96. The van der Waals surface area contributed by atoms with Crippen LogP contribution in [0.3, 0.4) is 0 Å². The van der Waals surface area contributed by atoms with Gasteiger partial charge in [-0.3, -0.25) is 0 Å². The quantitative estimate of drug-likeness (QED) is 0.811. The molecule has 0 aromatic heterocycles. The lowest BCUT2D eigenvalue weighted by atomic mass is 10.2. The number of ether oxygens (including phenoxy) is 1. The molecule has 0 bridgehead atoms. The molecule has 0 aliphatic carbocycles. The van der Waals surface area contributed by atoms with Gasteiger partial charge in [-0.1, -0.05) is 0 Å². The van der Waals surface area contributed by atoms with Gasteiger partial charge in [0.05, 0.1) is 28.2 Å². The van der Waals surface area contributed by atoms with E-state index >= 15 is 0 Å². The van der Waals surface area contributed by atoms with Crippen LogP contribution in [0.5, 0.6) is 0 Å². The first kappa shape index (κ1) is 16.3. The van der Waals surface area contributed by atoms with Crippen molar-refractivity contribution in [3.8, 4) is 0 Å². The minimum atomic E-state index is -3.53. The zero-order valence-electron chi connectivity index (χ0n) is 12.2. The van der Waals surface area contributed by atoms with Crippen molar-refractivity contribution in [1.29, 1.82) is 0 Å². The fourth-order valence-corrected chi connectivity index (χ4v) is 3.96. The van der Waals surface area contributed by atoms with Crippen LogP contribution in [-0.2, 0) is 24.4 Å². The molecule has 1 heterocycles. The summed E-state index contributed by atoms with van der Waals surface area (Å²) in [6.07, 6.45) is 2.15. The van der Waals surface area contributed by atoms with E-state index in [-0.39, 0.29) is 15.9 Å². The van der Waals surface area contributed by atoms with E-state index in [2.05, 4.69) is 0 Å². The maximum atomic E-state index is 12.0. The van der Waals surface area contributed by atoms with Gasteiger partial charge in [0.25, 0.3) is 0 Å². The Labute approximate surface area is 125 Å². The molecule has 1 fully saturated rings. The second kappa shape index (κ2) is 5.58. The van der Waals surface area contributed by atoms with Crippen molar-refractivity contribution < 1.29 is 21.6 Å². The minimum absolute atomic E-state index is 0.000689. The van der Waals surface area contributed by atoms with Gasteiger partial charge in [-0.25, -0.2) is 16.8 Å². The zero-order chi connectivity index (χ0) is 15.8. The van der Waals surface area contributed by atoms with E-state index in [9.17, 15) is 16.8 Å². The lowest BCUT2D eigenvalue weighted by molar-refractivity contribution is 0.0530. The maximum Gasteiger partial charge on any atom is 0.177 e. The Kier molecular flexibility index (Phi) is 4.32. The van der Waals surface area contributed by atoms with Crippen molar-refractivity contribution in [1.82, 2.24) is 0 Å². The third-order valence-corrected chi connectivity index (χ3v) is 5.58. The first-order valence-corrected chi connectivity index (χ1v) is 10.3. The average Bonchev–Trinajstić information content (AvgIpc) is 2.36. The number of sulfone groups is 2. The number of anilines is 1. The number of rotatable bonds is 3. The zero-order valence-corrected chi connectivity index (χ0v) is 13.9. The second-order valence-electron chi connectivity index (χ2n) is 5.30. The summed E-state index contributed by atoms with van der Waals surface area (Å²) in [5.74, 6) is 0. The van der Waals surface area contributed by atoms with Crippen molar-refractivity contribution in [3.63, 3.8) is 0 Å². The Morgan fingerprint density at radius 1 is 1.14 bits per heavy atom. The Bertz CT molecular complexity index is 740. The first-order valence-electron chi connectivity index (χ1n) is 6.50. The molecular weight excluding hydrogens is 314 g/mol. The molecule has 0 unspecified atom stereocenters. The predicted octanol–water partition coefficient (Wildman–Crippen LogP) is 0.719. The second-order valence-corrected chi connectivity index (χ2v) is 9.30. The SMILES string of the molecule is C[C@@H]1CN(c2ccc(S(C)(=O)=O)cc2S(C)(=O)=O)CCO1. The van der Waals surface area contributed by atoms with Gasteiger partial charge in [-0.2, -0.15) is 0 Å². The van der Waals surface area contributed by atoms with Crippen molar-refractivity contribution in [2.24, 2.45) is 0 Å². The van der Waals surface area contributed by atoms with Crippen molar-refractivity contribution in [3.05, 3.63) is 18.2 Å². The number of morpholine rings is 1. The van der Waals surface area contributed by atoms with E-state index in [0.29, 0.717) is 25.4 Å². The molecule has 21 heavy (non-hydrogen) atoms. The van der Waals surface area contributed by atoms with E-state index in [4.69, 9.17) is 4.74 Å². The molecule has 0 saturated carbocycles. The summed E-state index contributed by atoms with van der Waals surface area (Å²) in [5.41, 5.74) is 0.528. The van der Waals surface area contributed by atoms with E-state index in [1.807, 2.05) is 11.8 Å². The normalized spacial score (nSPS) is 20.5. The van der Waals surface area contributed by atoms with Gasteiger partial charge >= 0.3 is 0 Å². The molecule has 1 aromatic rings. The lowest BCUT2D eigenvalue weighted by Gasteiger charge is -2.34. The van der Waals surface area contributed by atoms with Gasteiger partial charge in [0, 0.05) is 25.6 Å². The molecule has 0 radical (unpaired) electrons. The highest BCUT2D eigenvalue weighted by Crippen LogP contribution is 2.29. The fraction of sp³-hybridized carbons (Fsp3) is 0.538. The van der Waals surface area contributed by atoms with Gasteiger partial charge in [-0.05, 0) is 25.1 Å². The van der Waals surface area contributed by atoms with E-state index in [1.54, 1.807) is 6.07 Å². The standard InChI is InChI=1S/C13H19NO5S2/c1-10-9-14(6-7-19-10)12-5-4-11(20(2,15)16)8-13(12)21(3,17)18/h4-5,8,10H,6-7,9H2,1-3H3/t10-/m1/s1. The van der Waals surface area contributed by atoms with Crippen LogP contribution in [0, 0.1) is 0 Å². The molecule has 1 saturated heterocycles. The predicted molar refractivity (Wildman–Crippen MR) is 80.3 cm³/mol. The molecule has 118 valence electrons. The van der Waals surface area contributed by atoms with Gasteiger partial charge in [0.15, 0.2) is 19.7 Å². The van der Waals surface area contributed by atoms with E-state index in [0.717, 1.165) is 12.5 Å². The largest absolute Gasteiger partial charge is 0.375 e. The van der Waals surface area contributed by atoms with Gasteiger partial charge in [0.2, 0.25) is 0 Å². The highest BCUT2D eigenvalue weighted by molar-refractivity contribution is 7.91. The van der Waals surface area contributed by atoms with Gasteiger partial charge < -0.3 is 9.64 Å². The van der Waals surface area contributed by atoms with E-state index in [1.165, 1.54) is 12.1 Å². The van der Waals surface area contributed by atoms with Crippen LogP contribution in [0.15, 0.2) is 28.0 Å². The third kappa shape index (κ3) is 3.75. The molecule has 0 N–H and O–H groups in total.